The maximum absolute atomic E-state index is 12.1. The Bertz CT molecular complexity index is 939. The molecule has 1 aliphatic rings. The first-order valence-corrected chi connectivity index (χ1v) is 7.49. The minimum absolute atomic E-state index is 0.0157. The van der Waals surface area contributed by atoms with Gasteiger partial charge in [-0.05, 0) is 36.6 Å². The fraction of sp³-hybridized carbons (Fsp3) is 0.214. The summed E-state index contributed by atoms with van der Waals surface area (Å²) in [7, 11) is 4.43. The highest BCUT2D eigenvalue weighted by molar-refractivity contribution is 7.80. The lowest BCUT2D eigenvalue weighted by Crippen LogP contribution is -2.52. The largest absolute Gasteiger partial charge is 0.494 e. The summed E-state index contributed by atoms with van der Waals surface area (Å²) in [6.07, 6.45) is 3.87. The Balaban J connectivity index is 2.45. The van der Waals surface area contributed by atoms with Gasteiger partial charge in [-0.2, -0.15) is 0 Å². The van der Waals surface area contributed by atoms with Gasteiger partial charge in [0, 0.05) is 21.1 Å². The summed E-state index contributed by atoms with van der Waals surface area (Å²) in [5, 5.41) is 12.4. The van der Waals surface area contributed by atoms with E-state index in [4.69, 9.17) is 24.4 Å². The van der Waals surface area contributed by atoms with Crippen molar-refractivity contribution in [3.05, 3.63) is 38.4 Å². The molecule has 0 saturated carbocycles. The Morgan fingerprint density at radius 3 is 2.33 bits per heavy atom. The third-order valence-corrected chi connectivity index (χ3v) is 4.42. The molecule has 0 unspecified atom stereocenters. The van der Waals surface area contributed by atoms with Crippen LogP contribution in [0, 0.1) is 4.77 Å². The Morgan fingerprint density at radius 2 is 1.71 bits per heavy atom. The Morgan fingerprint density at radius 1 is 1.08 bits per heavy atom. The summed E-state index contributed by atoms with van der Waals surface area (Å²) in [5.74, 6) is -1.50. The number of aromatic hydroxyl groups is 1. The summed E-state index contributed by atoms with van der Waals surface area (Å²) in [6, 6.07) is 0. The fourth-order valence-electron chi connectivity index (χ4n) is 2.01. The van der Waals surface area contributed by atoms with Crippen LogP contribution in [0.1, 0.15) is 5.56 Å². The van der Waals surface area contributed by atoms with Gasteiger partial charge in [0.15, 0.2) is 9.88 Å². The zero-order chi connectivity index (χ0) is 18.2. The molecule has 10 heteroatoms. The second kappa shape index (κ2) is 6.49. The lowest BCUT2D eigenvalue weighted by atomic mass is 10.1. The molecule has 2 rings (SSSR count). The number of rotatable bonds is 2. The lowest BCUT2D eigenvalue weighted by Gasteiger charge is -2.24. The molecule has 1 aromatic heterocycles. The van der Waals surface area contributed by atoms with E-state index in [1.165, 1.54) is 48.5 Å². The third-order valence-electron chi connectivity index (χ3n) is 3.50. The third kappa shape index (κ3) is 2.93. The first-order chi connectivity index (χ1) is 11.2. The minimum Gasteiger partial charge on any atom is -0.494 e. The van der Waals surface area contributed by atoms with Crippen LogP contribution >= 0.6 is 24.4 Å². The fourth-order valence-corrected chi connectivity index (χ4v) is 2.36. The van der Waals surface area contributed by atoms with Crippen LogP contribution in [0.25, 0.3) is 6.08 Å². The zero-order valence-electron chi connectivity index (χ0n) is 13.1. The summed E-state index contributed by atoms with van der Waals surface area (Å²) >= 11 is 9.85. The number of amides is 2. The van der Waals surface area contributed by atoms with Crippen LogP contribution in [-0.2, 0) is 23.7 Å². The highest BCUT2D eigenvalue weighted by Crippen LogP contribution is 2.14. The molecule has 1 saturated heterocycles. The molecule has 1 fully saturated rings. The van der Waals surface area contributed by atoms with Crippen molar-refractivity contribution in [3.8, 4) is 5.88 Å². The van der Waals surface area contributed by atoms with Crippen LogP contribution in [0.3, 0.4) is 0 Å². The predicted molar refractivity (Wildman–Crippen MR) is 93.8 cm³/mol. The van der Waals surface area contributed by atoms with Crippen molar-refractivity contribution >= 4 is 47.4 Å². The number of nitrogens with zero attached hydrogens (tertiary/aromatic N) is 3. The van der Waals surface area contributed by atoms with E-state index in [1.54, 1.807) is 0 Å². The second-order valence-electron chi connectivity index (χ2n) is 5.01. The number of thiocarbonyl (C=S) groups is 1. The highest BCUT2D eigenvalue weighted by atomic mass is 32.1. The van der Waals surface area contributed by atoms with Gasteiger partial charge in [0.2, 0.25) is 5.88 Å². The van der Waals surface area contributed by atoms with E-state index in [0.29, 0.717) is 0 Å². The first-order valence-electron chi connectivity index (χ1n) is 6.67. The zero-order valence-corrected chi connectivity index (χ0v) is 14.7. The average Bonchev–Trinajstić information content (AvgIpc) is 2.55. The maximum atomic E-state index is 12.1. The molecule has 0 bridgehead atoms. The summed E-state index contributed by atoms with van der Waals surface area (Å²) in [4.78, 5) is 37.1. The van der Waals surface area contributed by atoms with Crippen LogP contribution in [0.2, 0.25) is 0 Å². The number of hydrogen-bond donors (Lipinski definition) is 2. The van der Waals surface area contributed by atoms with Gasteiger partial charge in [0.25, 0.3) is 17.4 Å². The molecule has 1 aliphatic heterocycles. The van der Waals surface area contributed by atoms with Crippen molar-refractivity contribution < 1.29 is 14.7 Å². The van der Waals surface area contributed by atoms with Gasteiger partial charge >= 0.3 is 0 Å². The van der Waals surface area contributed by atoms with E-state index >= 15 is 0 Å². The quantitative estimate of drug-likeness (QED) is 0.434. The molecule has 0 aliphatic carbocycles. The maximum Gasteiger partial charge on any atom is 0.265 e. The van der Waals surface area contributed by atoms with E-state index < -0.39 is 17.4 Å². The Labute approximate surface area is 147 Å². The van der Waals surface area contributed by atoms with Crippen molar-refractivity contribution in [2.45, 2.75) is 0 Å². The van der Waals surface area contributed by atoms with Gasteiger partial charge in [-0.15, -0.1) is 0 Å². The van der Waals surface area contributed by atoms with E-state index in [1.807, 2.05) is 0 Å². The Kier molecular flexibility index (Phi) is 4.81. The van der Waals surface area contributed by atoms with Gasteiger partial charge < -0.3 is 5.11 Å². The average molecular weight is 366 g/mol. The number of aromatic nitrogens is 2. The van der Waals surface area contributed by atoms with Crippen molar-refractivity contribution in [2.75, 3.05) is 7.05 Å². The van der Waals surface area contributed by atoms with Crippen LogP contribution < -0.4 is 10.9 Å². The molecule has 1 aromatic rings. The summed E-state index contributed by atoms with van der Waals surface area (Å²) in [6.45, 7) is 0. The molecule has 0 radical (unpaired) electrons. The standard InChI is InChI=1S/C14H14N4O4S2/c1-16-10(20)7(9(19)15-13(16)23)5-4-6-8-11(21)17(2)14(24)18(3)12(8)22/h4-6,21H,1-3H3,(H,15,19,23). The second-order valence-corrected chi connectivity index (χ2v) is 5.76. The van der Waals surface area contributed by atoms with Crippen LogP contribution in [0.5, 0.6) is 5.88 Å². The van der Waals surface area contributed by atoms with E-state index in [0.717, 1.165) is 4.90 Å². The smallest absolute Gasteiger partial charge is 0.265 e. The summed E-state index contributed by atoms with van der Waals surface area (Å²) in [5.41, 5.74) is -0.649. The van der Waals surface area contributed by atoms with Gasteiger partial charge in [-0.1, -0.05) is 6.08 Å². The Hall–Kier alpha value is -2.59. The number of nitrogens with one attached hydrogen (secondary N) is 1. The van der Waals surface area contributed by atoms with E-state index in [2.05, 4.69) is 5.32 Å². The molecule has 126 valence electrons. The highest BCUT2D eigenvalue weighted by Gasteiger charge is 2.30. The number of hydrogen-bond acceptors (Lipinski definition) is 6. The normalized spacial score (nSPS) is 17.0. The molecule has 24 heavy (non-hydrogen) atoms. The molecule has 0 atom stereocenters. The summed E-state index contributed by atoms with van der Waals surface area (Å²) < 4.78 is 2.63. The van der Waals surface area contributed by atoms with Crippen molar-refractivity contribution in [1.82, 2.24) is 19.4 Å². The molecular formula is C14H14N4O4S2. The van der Waals surface area contributed by atoms with Gasteiger partial charge in [-0.25, -0.2) is 0 Å². The predicted octanol–water partition coefficient (Wildman–Crippen LogP) is -0.0284. The lowest BCUT2D eigenvalue weighted by molar-refractivity contribution is -0.128. The topological polar surface area (TPSA) is 96.6 Å². The van der Waals surface area contributed by atoms with E-state index in [9.17, 15) is 19.5 Å². The molecule has 0 aromatic carbocycles. The van der Waals surface area contributed by atoms with Gasteiger partial charge in [0.05, 0.1) is 0 Å². The number of likely N-dealkylation sites (N-methyl/N-ethyl adjacent to an activating group) is 1. The van der Waals surface area contributed by atoms with E-state index in [-0.39, 0.29) is 26.9 Å². The van der Waals surface area contributed by atoms with Crippen molar-refractivity contribution in [3.63, 3.8) is 0 Å². The SMILES string of the molecule is CN1C(=O)C(=CC=Cc2c(O)n(C)c(=S)n(C)c2=O)C(=O)NC1=S. The van der Waals surface area contributed by atoms with Crippen molar-refractivity contribution in [1.29, 1.82) is 0 Å². The van der Waals surface area contributed by atoms with Crippen molar-refractivity contribution in [2.24, 2.45) is 14.1 Å². The van der Waals surface area contributed by atoms with Gasteiger partial charge in [-0.3, -0.25) is 33.7 Å². The number of allylic oxidation sites excluding steroid dienone is 2. The molecule has 8 nitrogen and oxygen atoms in total. The number of carbonyl (C=O) groups excluding carboxylic acids is 2. The van der Waals surface area contributed by atoms with Crippen LogP contribution in [0.4, 0.5) is 0 Å². The molecule has 2 heterocycles. The van der Waals surface area contributed by atoms with Crippen LogP contribution in [-0.4, -0.2) is 43.1 Å². The molecular weight excluding hydrogens is 352 g/mol. The molecule has 2 amide bonds. The first kappa shape index (κ1) is 17.8. The van der Waals surface area contributed by atoms with Gasteiger partial charge in [0.1, 0.15) is 11.1 Å². The molecule has 0 spiro atoms. The monoisotopic (exact) mass is 366 g/mol. The number of carbonyl (C=O) groups is 2. The minimum atomic E-state index is -0.628. The molecule has 2 N–H and O–H groups in total. The van der Waals surface area contributed by atoms with Crippen LogP contribution in [0.15, 0.2) is 22.5 Å².